The summed E-state index contributed by atoms with van der Waals surface area (Å²) in [6.07, 6.45) is 1.97. The minimum absolute atomic E-state index is 0.315. The molecule has 2 aromatic rings. The zero-order chi connectivity index (χ0) is 12.8. The predicted molar refractivity (Wildman–Crippen MR) is 71.3 cm³/mol. The molecule has 0 aliphatic rings. The van der Waals surface area contributed by atoms with Crippen LogP contribution in [0.1, 0.15) is 12.0 Å². The van der Waals surface area contributed by atoms with Crippen LogP contribution >= 0.6 is 0 Å². The Morgan fingerprint density at radius 1 is 1.06 bits per heavy atom. The first-order valence-corrected chi connectivity index (χ1v) is 6.02. The average Bonchev–Trinajstić information content (AvgIpc) is 2.40. The molecule has 2 rings (SSSR count). The van der Waals surface area contributed by atoms with Gasteiger partial charge in [0.25, 0.3) is 0 Å². The number of aryl methyl sites for hydroxylation is 1. The van der Waals surface area contributed by atoms with Crippen LogP contribution in [0.25, 0.3) is 0 Å². The number of phenolic OH excluding ortho intramolecular Hbond substituents is 1. The van der Waals surface area contributed by atoms with Gasteiger partial charge in [0.05, 0.1) is 0 Å². The molecule has 0 fully saturated rings. The third kappa shape index (κ3) is 3.48. The third-order valence-electron chi connectivity index (χ3n) is 2.76. The molecule has 0 saturated heterocycles. The van der Waals surface area contributed by atoms with Crippen molar-refractivity contribution in [2.24, 2.45) is 0 Å². The third-order valence-corrected chi connectivity index (χ3v) is 2.76. The first-order valence-electron chi connectivity index (χ1n) is 6.02. The van der Waals surface area contributed by atoms with Crippen molar-refractivity contribution in [2.75, 3.05) is 11.9 Å². The first-order chi connectivity index (χ1) is 8.75. The van der Waals surface area contributed by atoms with Crippen LogP contribution in [-0.2, 0) is 6.42 Å². The van der Waals surface area contributed by atoms with Crippen LogP contribution in [0.3, 0.4) is 0 Å². The standard InChI is InChI=1S/C15H16FNO/c16-14-11-13(8-9-15(14)18)17-10-4-7-12-5-2-1-3-6-12/h1-3,5-6,8-9,11,17-18H,4,7,10H2. The highest BCUT2D eigenvalue weighted by Crippen LogP contribution is 2.19. The summed E-state index contributed by atoms with van der Waals surface area (Å²) in [5.74, 6) is -0.909. The number of anilines is 1. The molecule has 3 heteroatoms. The fourth-order valence-electron chi connectivity index (χ4n) is 1.79. The van der Waals surface area contributed by atoms with Crippen molar-refractivity contribution in [1.82, 2.24) is 0 Å². The lowest BCUT2D eigenvalue weighted by atomic mass is 10.1. The maximum Gasteiger partial charge on any atom is 0.166 e. The fourth-order valence-corrected chi connectivity index (χ4v) is 1.79. The molecule has 0 spiro atoms. The zero-order valence-corrected chi connectivity index (χ0v) is 10.1. The van der Waals surface area contributed by atoms with Crippen LogP contribution in [0.4, 0.5) is 10.1 Å². The summed E-state index contributed by atoms with van der Waals surface area (Å²) in [4.78, 5) is 0. The average molecular weight is 245 g/mol. The molecule has 0 aliphatic carbocycles. The van der Waals surface area contributed by atoms with E-state index in [4.69, 9.17) is 5.11 Å². The fraction of sp³-hybridized carbons (Fsp3) is 0.200. The summed E-state index contributed by atoms with van der Waals surface area (Å²) in [5.41, 5.74) is 1.99. The van der Waals surface area contributed by atoms with Crippen molar-refractivity contribution in [1.29, 1.82) is 0 Å². The van der Waals surface area contributed by atoms with Crippen LogP contribution in [-0.4, -0.2) is 11.7 Å². The number of aromatic hydroxyl groups is 1. The van der Waals surface area contributed by atoms with Gasteiger partial charge in [0.1, 0.15) is 0 Å². The highest BCUT2D eigenvalue weighted by Gasteiger charge is 2.00. The van der Waals surface area contributed by atoms with Crippen molar-refractivity contribution in [2.45, 2.75) is 12.8 Å². The van der Waals surface area contributed by atoms with Crippen molar-refractivity contribution in [3.63, 3.8) is 0 Å². The molecular formula is C15H16FNO. The van der Waals surface area contributed by atoms with E-state index in [2.05, 4.69) is 17.4 Å². The largest absolute Gasteiger partial charge is 0.505 e. The lowest BCUT2D eigenvalue weighted by molar-refractivity contribution is 0.432. The Morgan fingerprint density at radius 3 is 2.56 bits per heavy atom. The smallest absolute Gasteiger partial charge is 0.166 e. The van der Waals surface area contributed by atoms with Gasteiger partial charge in [-0.25, -0.2) is 4.39 Å². The van der Waals surface area contributed by atoms with E-state index in [0.717, 1.165) is 19.4 Å². The van der Waals surface area contributed by atoms with Crippen molar-refractivity contribution >= 4 is 5.69 Å². The molecule has 0 radical (unpaired) electrons. The van der Waals surface area contributed by atoms with Crippen LogP contribution in [0.15, 0.2) is 48.5 Å². The highest BCUT2D eigenvalue weighted by atomic mass is 19.1. The molecule has 0 amide bonds. The molecule has 0 saturated carbocycles. The number of hydrogen-bond acceptors (Lipinski definition) is 2. The van der Waals surface area contributed by atoms with E-state index >= 15 is 0 Å². The Morgan fingerprint density at radius 2 is 1.83 bits per heavy atom. The molecule has 0 heterocycles. The summed E-state index contributed by atoms with van der Waals surface area (Å²) in [5, 5.41) is 12.2. The number of benzene rings is 2. The van der Waals surface area contributed by atoms with E-state index < -0.39 is 5.82 Å². The summed E-state index contributed by atoms with van der Waals surface area (Å²) < 4.78 is 13.1. The second kappa shape index (κ2) is 6.05. The van der Waals surface area contributed by atoms with Crippen LogP contribution in [0.5, 0.6) is 5.75 Å². The van der Waals surface area contributed by atoms with Gasteiger partial charge in [0, 0.05) is 18.3 Å². The predicted octanol–water partition coefficient (Wildman–Crippen LogP) is 3.58. The van der Waals surface area contributed by atoms with Crippen molar-refractivity contribution < 1.29 is 9.50 Å². The van der Waals surface area contributed by atoms with Crippen LogP contribution in [0, 0.1) is 5.82 Å². The van der Waals surface area contributed by atoms with E-state index in [9.17, 15) is 4.39 Å². The Kier molecular flexibility index (Phi) is 4.18. The molecule has 0 atom stereocenters. The number of rotatable bonds is 5. The highest BCUT2D eigenvalue weighted by molar-refractivity contribution is 5.46. The SMILES string of the molecule is Oc1ccc(NCCCc2ccccc2)cc1F. The Hall–Kier alpha value is -2.03. The van der Waals surface area contributed by atoms with E-state index in [1.165, 1.54) is 17.7 Å². The molecule has 0 aliphatic heterocycles. The van der Waals surface area contributed by atoms with Gasteiger partial charge in [-0.3, -0.25) is 0 Å². The monoisotopic (exact) mass is 245 g/mol. The Balaban J connectivity index is 1.77. The minimum atomic E-state index is -0.594. The second-order valence-corrected chi connectivity index (χ2v) is 4.18. The van der Waals surface area contributed by atoms with Gasteiger partial charge < -0.3 is 10.4 Å². The van der Waals surface area contributed by atoms with Crippen molar-refractivity contribution in [3.05, 3.63) is 59.9 Å². The Bertz CT molecular complexity index is 499. The van der Waals surface area contributed by atoms with E-state index in [0.29, 0.717) is 5.69 Å². The first kappa shape index (κ1) is 12.4. The van der Waals surface area contributed by atoms with Gasteiger partial charge in [-0.15, -0.1) is 0 Å². The molecule has 0 bridgehead atoms. The molecule has 2 nitrogen and oxygen atoms in total. The maximum atomic E-state index is 13.1. The summed E-state index contributed by atoms with van der Waals surface area (Å²) in [6, 6.07) is 14.6. The topological polar surface area (TPSA) is 32.3 Å². The molecule has 0 unspecified atom stereocenters. The normalized spacial score (nSPS) is 10.3. The van der Waals surface area contributed by atoms with E-state index in [-0.39, 0.29) is 5.75 Å². The van der Waals surface area contributed by atoms with Gasteiger partial charge in [-0.05, 0) is 30.5 Å². The summed E-state index contributed by atoms with van der Waals surface area (Å²) in [6.45, 7) is 0.777. The van der Waals surface area contributed by atoms with Crippen LogP contribution in [0.2, 0.25) is 0 Å². The summed E-state index contributed by atoms with van der Waals surface area (Å²) in [7, 11) is 0. The molecule has 18 heavy (non-hydrogen) atoms. The van der Waals surface area contributed by atoms with E-state index in [1.54, 1.807) is 6.07 Å². The van der Waals surface area contributed by atoms with E-state index in [1.807, 2.05) is 18.2 Å². The lowest BCUT2D eigenvalue weighted by Crippen LogP contribution is -2.03. The van der Waals surface area contributed by atoms with Crippen molar-refractivity contribution in [3.8, 4) is 5.75 Å². The van der Waals surface area contributed by atoms with Gasteiger partial charge in [0.2, 0.25) is 0 Å². The second-order valence-electron chi connectivity index (χ2n) is 4.18. The molecule has 2 aromatic carbocycles. The number of halogens is 1. The quantitative estimate of drug-likeness (QED) is 0.623. The Labute approximate surface area is 106 Å². The maximum absolute atomic E-state index is 13.1. The van der Waals surface area contributed by atoms with Gasteiger partial charge in [-0.1, -0.05) is 30.3 Å². The van der Waals surface area contributed by atoms with Gasteiger partial charge in [0.15, 0.2) is 11.6 Å². The number of phenols is 1. The number of hydrogen-bond donors (Lipinski definition) is 2. The van der Waals surface area contributed by atoms with Gasteiger partial charge in [-0.2, -0.15) is 0 Å². The lowest BCUT2D eigenvalue weighted by Gasteiger charge is -2.07. The molecule has 0 aromatic heterocycles. The molecule has 2 N–H and O–H groups in total. The van der Waals surface area contributed by atoms with Gasteiger partial charge >= 0.3 is 0 Å². The zero-order valence-electron chi connectivity index (χ0n) is 10.1. The van der Waals surface area contributed by atoms with Crippen LogP contribution < -0.4 is 5.32 Å². The molecular weight excluding hydrogens is 229 g/mol. The number of nitrogens with one attached hydrogen (secondary N) is 1. The molecule has 94 valence electrons. The minimum Gasteiger partial charge on any atom is -0.505 e. The summed E-state index contributed by atoms with van der Waals surface area (Å²) >= 11 is 0.